The highest BCUT2D eigenvalue weighted by molar-refractivity contribution is 5.83. The van der Waals surface area contributed by atoms with Gasteiger partial charge in [0.05, 0.1) is 6.04 Å². The molecule has 96 valence electrons. The zero-order chi connectivity index (χ0) is 12.4. The average Bonchev–Trinajstić information content (AvgIpc) is 2.97. The van der Waals surface area contributed by atoms with Crippen LogP contribution in [-0.2, 0) is 9.59 Å². The lowest BCUT2D eigenvalue weighted by molar-refractivity contribution is -0.145. The van der Waals surface area contributed by atoms with Crippen molar-refractivity contribution in [3.63, 3.8) is 0 Å². The molecule has 2 rings (SSSR count). The lowest BCUT2D eigenvalue weighted by Crippen LogP contribution is -2.50. The lowest BCUT2D eigenvalue weighted by atomic mass is 10.2. The minimum absolute atomic E-state index is 0.0932. The van der Waals surface area contributed by atoms with Gasteiger partial charge in [-0.25, -0.2) is 0 Å². The van der Waals surface area contributed by atoms with E-state index in [1.54, 1.807) is 0 Å². The molecule has 0 saturated carbocycles. The number of carboxylic acid groups (broad SMARTS) is 1. The van der Waals surface area contributed by atoms with Crippen LogP contribution in [-0.4, -0.2) is 58.5 Å². The number of nitrogens with zero attached hydrogens (tertiary/aromatic N) is 2. The smallest absolute Gasteiger partial charge is 0.320 e. The second-order valence-corrected chi connectivity index (χ2v) is 4.94. The first-order valence-electron chi connectivity index (χ1n) is 6.38. The van der Waals surface area contributed by atoms with Crippen molar-refractivity contribution < 1.29 is 14.7 Å². The van der Waals surface area contributed by atoms with Crippen molar-refractivity contribution in [3.8, 4) is 0 Å². The van der Waals surface area contributed by atoms with Crippen LogP contribution in [0.5, 0.6) is 0 Å². The molecule has 0 radical (unpaired) electrons. The highest BCUT2D eigenvalue weighted by atomic mass is 16.4. The van der Waals surface area contributed by atoms with Gasteiger partial charge < -0.3 is 10.0 Å². The van der Waals surface area contributed by atoms with E-state index in [0.29, 0.717) is 6.42 Å². The van der Waals surface area contributed by atoms with Gasteiger partial charge in [0.15, 0.2) is 0 Å². The Kier molecular flexibility index (Phi) is 3.66. The quantitative estimate of drug-likeness (QED) is 0.782. The maximum Gasteiger partial charge on any atom is 0.320 e. The lowest BCUT2D eigenvalue weighted by Gasteiger charge is -2.30. The Morgan fingerprint density at radius 1 is 1.18 bits per heavy atom. The van der Waals surface area contributed by atoms with Gasteiger partial charge in [-0.15, -0.1) is 0 Å². The van der Waals surface area contributed by atoms with Gasteiger partial charge in [-0.3, -0.25) is 14.5 Å². The first-order valence-corrected chi connectivity index (χ1v) is 6.38. The van der Waals surface area contributed by atoms with E-state index in [4.69, 9.17) is 5.11 Å². The van der Waals surface area contributed by atoms with E-state index in [9.17, 15) is 9.59 Å². The molecule has 0 aromatic heterocycles. The first-order chi connectivity index (χ1) is 8.11. The summed E-state index contributed by atoms with van der Waals surface area (Å²) in [4.78, 5) is 27.0. The summed E-state index contributed by atoms with van der Waals surface area (Å²) in [5.74, 6) is -0.709. The Labute approximate surface area is 101 Å². The molecular formula is C12H20N2O3. The molecule has 0 aliphatic carbocycles. The molecule has 2 fully saturated rings. The van der Waals surface area contributed by atoms with Crippen molar-refractivity contribution >= 4 is 11.9 Å². The molecule has 2 saturated heterocycles. The van der Waals surface area contributed by atoms with Crippen LogP contribution >= 0.6 is 0 Å². The predicted molar refractivity (Wildman–Crippen MR) is 62.6 cm³/mol. The third-order valence-corrected chi connectivity index (χ3v) is 3.85. The predicted octanol–water partition coefficient (Wildman–Crippen LogP) is 0.546. The summed E-state index contributed by atoms with van der Waals surface area (Å²) < 4.78 is 0. The standard InChI is InChI=1S/C12H20N2O3/c1-9(11(15)13-6-2-3-7-13)14-8-4-5-10(14)12(16)17/h9-10H,2-8H2,1H3,(H,16,17). The summed E-state index contributed by atoms with van der Waals surface area (Å²) >= 11 is 0. The van der Waals surface area contributed by atoms with E-state index in [2.05, 4.69) is 0 Å². The van der Waals surface area contributed by atoms with Crippen molar-refractivity contribution in [2.45, 2.75) is 44.7 Å². The van der Waals surface area contributed by atoms with E-state index in [1.807, 2.05) is 16.7 Å². The number of rotatable bonds is 3. The summed E-state index contributed by atoms with van der Waals surface area (Å²) in [6, 6.07) is -0.770. The van der Waals surface area contributed by atoms with Crippen LogP contribution in [0.25, 0.3) is 0 Å². The van der Waals surface area contributed by atoms with E-state index in [1.165, 1.54) is 0 Å². The van der Waals surface area contributed by atoms with Gasteiger partial charge in [-0.05, 0) is 39.2 Å². The Hall–Kier alpha value is -1.10. The Balaban J connectivity index is 2.00. The third-order valence-electron chi connectivity index (χ3n) is 3.85. The number of aliphatic carboxylic acids is 1. The van der Waals surface area contributed by atoms with Crippen LogP contribution in [0.1, 0.15) is 32.6 Å². The van der Waals surface area contributed by atoms with E-state index < -0.39 is 12.0 Å². The molecule has 0 aromatic carbocycles. The molecular weight excluding hydrogens is 220 g/mol. The number of carbonyl (C=O) groups excluding carboxylic acids is 1. The largest absolute Gasteiger partial charge is 0.480 e. The fourth-order valence-corrected chi connectivity index (χ4v) is 2.86. The van der Waals surface area contributed by atoms with Crippen LogP contribution in [0.4, 0.5) is 0 Å². The molecule has 0 aromatic rings. The van der Waals surface area contributed by atoms with Crippen molar-refractivity contribution in [1.29, 1.82) is 0 Å². The molecule has 2 aliphatic heterocycles. The molecule has 0 bridgehead atoms. The Morgan fingerprint density at radius 3 is 2.41 bits per heavy atom. The minimum Gasteiger partial charge on any atom is -0.480 e. The fourth-order valence-electron chi connectivity index (χ4n) is 2.86. The van der Waals surface area contributed by atoms with Crippen LogP contribution in [0.3, 0.4) is 0 Å². The van der Waals surface area contributed by atoms with Gasteiger partial charge in [-0.1, -0.05) is 0 Å². The number of hydrogen-bond acceptors (Lipinski definition) is 3. The Morgan fingerprint density at radius 2 is 1.82 bits per heavy atom. The number of amides is 1. The van der Waals surface area contributed by atoms with E-state index >= 15 is 0 Å². The molecule has 17 heavy (non-hydrogen) atoms. The molecule has 0 spiro atoms. The first kappa shape index (κ1) is 12.4. The minimum atomic E-state index is -0.802. The molecule has 5 heteroatoms. The van der Waals surface area contributed by atoms with Gasteiger partial charge in [0.1, 0.15) is 6.04 Å². The van der Waals surface area contributed by atoms with Gasteiger partial charge in [0.2, 0.25) is 5.91 Å². The SMILES string of the molecule is CC(C(=O)N1CCCC1)N1CCCC1C(=O)O. The van der Waals surface area contributed by atoms with E-state index in [0.717, 1.165) is 38.9 Å². The molecule has 2 unspecified atom stereocenters. The van der Waals surface area contributed by atoms with Crippen molar-refractivity contribution in [2.75, 3.05) is 19.6 Å². The summed E-state index contributed by atoms with van der Waals surface area (Å²) in [7, 11) is 0. The normalized spacial score (nSPS) is 27.4. The number of carboxylic acids is 1. The summed E-state index contributed by atoms with van der Waals surface area (Å²) in [5, 5.41) is 9.11. The zero-order valence-electron chi connectivity index (χ0n) is 10.3. The average molecular weight is 240 g/mol. The van der Waals surface area contributed by atoms with Gasteiger partial charge in [0, 0.05) is 13.1 Å². The summed E-state index contributed by atoms with van der Waals surface area (Å²) in [6.45, 7) is 4.21. The maximum atomic E-state index is 12.2. The molecule has 5 nitrogen and oxygen atoms in total. The number of likely N-dealkylation sites (tertiary alicyclic amines) is 2. The van der Waals surface area contributed by atoms with E-state index in [-0.39, 0.29) is 11.9 Å². The van der Waals surface area contributed by atoms with Gasteiger partial charge in [0.25, 0.3) is 0 Å². The maximum absolute atomic E-state index is 12.2. The molecule has 2 atom stereocenters. The van der Waals surface area contributed by atoms with Gasteiger partial charge in [-0.2, -0.15) is 0 Å². The molecule has 2 aliphatic rings. The van der Waals surface area contributed by atoms with Crippen molar-refractivity contribution in [2.24, 2.45) is 0 Å². The monoisotopic (exact) mass is 240 g/mol. The summed E-state index contributed by atoms with van der Waals surface area (Å²) in [5.41, 5.74) is 0. The second-order valence-electron chi connectivity index (χ2n) is 4.94. The molecule has 1 amide bonds. The second kappa shape index (κ2) is 5.04. The van der Waals surface area contributed by atoms with Crippen LogP contribution in [0.15, 0.2) is 0 Å². The Bertz CT molecular complexity index is 313. The third kappa shape index (κ3) is 2.44. The van der Waals surface area contributed by atoms with Crippen molar-refractivity contribution in [1.82, 2.24) is 9.80 Å². The summed E-state index contributed by atoms with van der Waals surface area (Å²) in [6.07, 6.45) is 3.67. The fraction of sp³-hybridized carbons (Fsp3) is 0.833. The van der Waals surface area contributed by atoms with Crippen LogP contribution in [0.2, 0.25) is 0 Å². The van der Waals surface area contributed by atoms with Crippen LogP contribution in [0, 0.1) is 0 Å². The molecule has 2 heterocycles. The number of carbonyl (C=O) groups is 2. The molecule has 1 N–H and O–H groups in total. The highest BCUT2D eigenvalue weighted by Crippen LogP contribution is 2.22. The van der Waals surface area contributed by atoms with Crippen LogP contribution < -0.4 is 0 Å². The van der Waals surface area contributed by atoms with Gasteiger partial charge >= 0.3 is 5.97 Å². The number of hydrogen-bond donors (Lipinski definition) is 1. The van der Waals surface area contributed by atoms with Crippen molar-refractivity contribution in [3.05, 3.63) is 0 Å². The topological polar surface area (TPSA) is 60.9 Å². The highest BCUT2D eigenvalue weighted by Gasteiger charge is 2.37. The zero-order valence-corrected chi connectivity index (χ0v) is 10.3.